The number of hydrogen-bond acceptors (Lipinski definition) is 4. The second-order valence-electron chi connectivity index (χ2n) is 5.89. The molecule has 0 radical (unpaired) electrons. The molecule has 28 heavy (non-hydrogen) atoms. The van der Waals surface area contributed by atoms with E-state index in [0.717, 1.165) is 24.3 Å². The summed E-state index contributed by atoms with van der Waals surface area (Å²) in [5.41, 5.74) is -3.17. The average molecular weight is 432 g/mol. The molecular formula is C18H19F3N2O3S2. The van der Waals surface area contributed by atoms with E-state index in [2.05, 4.69) is 10.0 Å². The third kappa shape index (κ3) is 6.54. The zero-order valence-corrected chi connectivity index (χ0v) is 16.7. The van der Waals surface area contributed by atoms with E-state index in [1.165, 1.54) is 0 Å². The summed E-state index contributed by atoms with van der Waals surface area (Å²) in [6, 6.07) is 10.6. The highest BCUT2D eigenvalue weighted by Gasteiger charge is 2.29. The number of carbonyl (C=O) groups is 1. The Morgan fingerprint density at radius 1 is 1.07 bits per heavy atom. The van der Waals surface area contributed by atoms with Crippen molar-refractivity contribution in [3.05, 3.63) is 54.1 Å². The molecule has 0 fully saturated rings. The molecule has 0 aromatic heterocycles. The number of carbonyl (C=O) groups excluding carboxylic acids is 1. The Balaban J connectivity index is 2.07. The fourth-order valence-electron chi connectivity index (χ4n) is 2.29. The average Bonchev–Trinajstić information content (AvgIpc) is 2.61. The maximum Gasteiger partial charge on any atom is 0.446 e. The first-order valence-corrected chi connectivity index (χ1v) is 10.6. The summed E-state index contributed by atoms with van der Waals surface area (Å²) >= 11 is -0.307. The minimum Gasteiger partial charge on any atom is -0.326 e. The first kappa shape index (κ1) is 22.3. The second kappa shape index (κ2) is 8.97. The van der Waals surface area contributed by atoms with E-state index in [9.17, 15) is 26.4 Å². The number of hydrogen-bond donors (Lipinski definition) is 2. The van der Waals surface area contributed by atoms with Crippen molar-refractivity contribution in [3.8, 4) is 0 Å². The first-order valence-electron chi connectivity index (χ1n) is 8.28. The van der Waals surface area contributed by atoms with Gasteiger partial charge in [0.1, 0.15) is 0 Å². The Kier molecular flexibility index (Phi) is 7.13. The van der Waals surface area contributed by atoms with Crippen LogP contribution in [0.25, 0.3) is 0 Å². The van der Waals surface area contributed by atoms with Gasteiger partial charge < -0.3 is 5.32 Å². The van der Waals surface area contributed by atoms with Crippen LogP contribution >= 0.6 is 11.8 Å². The normalized spacial score (nSPS) is 13.2. The summed E-state index contributed by atoms with van der Waals surface area (Å²) in [7, 11) is -3.91. The lowest BCUT2D eigenvalue weighted by atomic mass is 10.1. The molecule has 2 aromatic rings. The van der Waals surface area contributed by atoms with Gasteiger partial charge in [-0.05, 0) is 60.6 Å². The molecule has 2 aromatic carbocycles. The quantitative estimate of drug-likeness (QED) is 0.623. The fourth-order valence-corrected chi connectivity index (χ4v) is 4.07. The smallest absolute Gasteiger partial charge is 0.326 e. The Bertz CT molecular complexity index is 913. The summed E-state index contributed by atoms with van der Waals surface area (Å²) in [6.45, 7) is 3.37. The second-order valence-corrected chi connectivity index (χ2v) is 8.74. The Morgan fingerprint density at radius 3 is 2.14 bits per heavy atom. The molecule has 10 heteroatoms. The molecule has 0 aliphatic rings. The molecule has 1 atom stereocenters. The van der Waals surface area contributed by atoms with E-state index in [4.69, 9.17) is 0 Å². The molecule has 0 aliphatic heterocycles. The Labute approximate surface area is 165 Å². The fraction of sp³-hybridized carbons (Fsp3) is 0.278. The van der Waals surface area contributed by atoms with Gasteiger partial charge in [-0.1, -0.05) is 19.1 Å². The number of benzene rings is 2. The number of rotatable bonds is 7. The van der Waals surface area contributed by atoms with Crippen LogP contribution in [-0.2, 0) is 14.8 Å². The van der Waals surface area contributed by atoms with Gasteiger partial charge in [-0.2, -0.15) is 13.2 Å². The highest BCUT2D eigenvalue weighted by atomic mass is 32.2. The van der Waals surface area contributed by atoms with E-state index in [1.807, 2.05) is 0 Å². The maximum absolute atomic E-state index is 12.5. The number of amides is 1. The minimum atomic E-state index is -4.43. The minimum absolute atomic E-state index is 0.0933. The van der Waals surface area contributed by atoms with Gasteiger partial charge in [0.05, 0.1) is 4.90 Å². The number of sulfonamides is 1. The van der Waals surface area contributed by atoms with Crippen molar-refractivity contribution >= 4 is 33.4 Å². The van der Waals surface area contributed by atoms with Crippen molar-refractivity contribution in [3.63, 3.8) is 0 Å². The summed E-state index contributed by atoms with van der Waals surface area (Å²) in [6.07, 6.45) is 0.345. The summed E-state index contributed by atoms with van der Waals surface area (Å²) in [4.78, 5) is 11.2. The van der Waals surface area contributed by atoms with Gasteiger partial charge >= 0.3 is 5.51 Å². The van der Waals surface area contributed by atoms with Crippen LogP contribution in [0.15, 0.2) is 58.3 Å². The molecule has 1 unspecified atom stereocenters. The van der Waals surface area contributed by atoms with Gasteiger partial charge in [-0.15, -0.1) is 0 Å². The van der Waals surface area contributed by atoms with Gasteiger partial charge in [0, 0.05) is 23.0 Å². The van der Waals surface area contributed by atoms with Crippen LogP contribution in [0.2, 0.25) is 0 Å². The Morgan fingerprint density at radius 2 is 1.64 bits per heavy atom. The van der Waals surface area contributed by atoms with Crippen molar-refractivity contribution in [2.45, 2.75) is 41.6 Å². The van der Waals surface area contributed by atoms with Crippen LogP contribution in [0, 0.1) is 0 Å². The number of nitrogens with one attached hydrogen (secondary N) is 2. The lowest BCUT2D eigenvalue weighted by Crippen LogP contribution is -2.26. The van der Waals surface area contributed by atoms with Gasteiger partial charge in [0.2, 0.25) is 15.9 Å². The highest BCUT2D eigenvalue weighted by Crippen LogP contribution is 2.37. The van der Waals surface area contributed by atoms with Crippen LogP contribution in [0.4, 0.5) is 18.9 Å². The van der Waals surface area contributed by atoms with Crippen molar-refractivity contribution in [2.24, 2.45) is 0 Å². The molecule has 152 valence electrons. The molecule has 2 N–H and O–H groups in total. The highest BCUT2D eigenvalue weighted by molar-refractivity contribution is 8.00. The zero-order chi connectivity index (χ0) is 20.9. The van der Waals surface area contributed by atoms with Gasteiger partial charge in [-0.25, -0.2) is 13.1 Å². The molecule has 0 heterocycles. The van der Waals surface area contributed by atoms with Gasteiger partial charge in [0.15, 0.2) is 0 Å². The monoisotopic (exact) mass is 432 g/mol. The lowest BCUT2D eigenvalue weighted by molar-refractivity contribution is -0.115. The van der Waals surface area contributed by atoms with Crippen molar-refractivity contribution < 1.29 is 26.4 Å². The molecule has 2 rings (SSSR count). The van der Waals surface area contributed by atoms with Crippen molar-refractivity contribution in [2.75, 3.05) is 5.32 Å². The predicted molar refractivity (Wildman–Crippen MR) is 102 cm³/mol. The van der Waals surface area contributed by atoms with Gasteiger partial charge in [-0.3, -0.25) is 4.79 Å². The summed E-state index contributed by atoms with van der Waals surface area (Å²) < 4.78 is 64.5. The number of anilines is 1. The lowest BCUT2D eigenvalue weighted by Gasteiger charge is -2.15. The summed E-state index contributed by atoms with van der Waals surface area (Å²) in [5, 5.41) is 2.69. The van der Waals surface area contributed by atoms with Crippen molar-refractivity contribution in [1.82, 2.24) is 4.72 Å². The van der Waals surface area contributed by atoms with E-state index < -0.39 is 21.6 Å². The number of halogens is 3. The van der Waals surface area contributed by atoms with Crippen LogP contribution in [-0.4, -0.2) is 19.8 Å². The molecule has 0 saturated carbocycles. The van der Waals surface area contributed by atoms with Crippen LogP contribution in [0.3, 0.4) is 0 Å². The van der Waals surface area contributed by atoms with E-state index >= 15 is 0 Å². The molecule has 0 aliphatic carbocycles. The van der Waals surface area contributed by atoms with Crippen LogP contribution < -0.4 is 10.0 Å². The number of alkyl halides is 3. The van der Waals surface area contributed by atoms with E-state index in [1.54, 1.807) is 38.1 Å². The summed E-state index contributed by atoms with van der Waals surface area (Å²) in [5.74, 6) is -0.131. The van der Waals surface area contributed by atoms with E-state index in [-0.39, 0.29) is 27.5 Å². The molecule has 1 amide bonds. The third-order valence-electron chi connectivity index (χ3n) is 3.72. The molecule has 0 bridgehead atoms. The van der Waals surface area contributed by atoms with Crippen molar-refractivity contribution in [1.29, 1.82) is 0 Å². The topological polar surface area (TPSA) is 75.3 Å². The molecule has 0 spiro atoms. The standard InChI is InChI=1S/C18H19F3N2O3S2/c1-3-17(24)22-14-6-4-13(5-7-14)12(2)23-28(25,26)16-10-8-15(9-11-16)27-18(19,20)21/h4-12,23H,3H2,1-2H3,(H,22,24). The molecule has 5 nitrogen and oxygen atoms in total. The largest absolute Gasteiger partial charge is 0.446 e. The van der Waals surface area contributed by atoms with E-state index in [0.29, 0.717) is 17.7 Å². The zero-order valence-electron chi connectivity index (χ0n) is 15.1. The van der Waals surface area contributed by atoms with Gasteiger partial charge in [0.25, 0.3) is 0 Å². The van der Waals surface area contributed by atoms with Crippen LogP contribution in [0.5, 0.6) is 0 Å². The maximum atomic E-state index is 12.5. The third-order valence-corrected chi connectivity index (χ3v) is 6.01. The number of thioether (sulfide) groups is 1. The predicted octanol–water partition coefficient (Wildman–Crippen LogP) is 4.69. The molecular weight excluding hydrogens is 413 g/mol. The molecule has 0 saturated heterocycles. The first-order chi connectivity index (χ1) is 13.0. The van der Waals surface area contributed by atoms with Crippen LogP contribution in [0.1, 0.15) is 31.9 Å². The SMILES string of the molecule is CCC(=O)Nc1ccc(C(C)NS(=O)(=O)c2ccc(SC(F)(F)F)cc2)cc1. The Hall–Kier alpha value is -2.04.